The number of carbonyl (C=O) groups excluding carboxylic acids is 4. The second kappa shape index (κ2) is 49.6. The van der Waals surface area contributed by atoms with Crippen LogP contribution in [0.2, 0.25) is 0 Å². The monoisotopic (exact) mass is 1090 g/mol. The predicted molar refractivity (Wildman–Crippen MR) is 285 cm³/mol. The van der Waals surface area contributed by atoms with Gasteiger partial charge in [0.1, 0.15) is 19.3 Å². The lowest BCUT2D eigenvalue weighted by Gasteiger charge is -2.21. The molecule has 0 rings (SSSR count). The molecule has 5 atom stereocenters. The molecule has 17 nitrogen and oxygen atoms in total. The van der Waals surface area contributed by atoms with E-state index in [1.165, 1.54) is 83.5 Å². The Morgan fingerprint density at radius 1 is 0.329 bits per heavy atom. The number of esters is 4. The first-order valence-corrected chi connectivity index (χ1v) is 31.8. The highest BCUT2D eigenvalue weighted by Gasteiger charge is 2.30. The highest BCUT2D eigenvalue weighted by Crippen LogP contribution is 2.45. The van der Waals surface area contributed by atoms with Crippen LogP contribution in [0.3, 0.4) is 0 Å². The summed E-state index contributed by atoms with van der Waals surface area (Å²) >= 11 is 0. The molecule has 19 heteroatoms. The van der Waals surface area contributed by atoms with Crippen molar-refractivity contribution in [3.05, 3.63) is 0 Å². The molecule has 432 valence electrons. The molecule has 0 aromatic carbocycles. The van der Waals surface area contributed by atoms with Crippen LogP contribution in [0.25, 0.3) is 0 Å². The number of carbonyl (C=O) groups is 4. The van der Waals surface area contributed by atoms with E-state index in [-0.39, 0.29) is 25.7 Å². The van der Waals surface area contributed by atoms with E-state index in [1.807, 2.05) is 0 Å². The van der Waals surface area contributed by atoms with Crippen LogP contribution in [0.5, 0.6) is 0 Å². The number of rotatable bonds is 55. The minimum Gasteiger partial charge on any atom is -0.462 e. The first kappa shape index (κ1) is 71.1. The zero-order chi connectivity index (χ0) is 54.1. The quantitative estimate of drug-likeness (QED) is 0.0222. The third-order valence-electron chi connectivity index (χ3n) is 12.4. The Morgan fingerprint density at radius 2 is 0.548 bits per heavy atom. The van der Waals surface area contributed by atoms with Gasteiger partial charge in [-0.25, -0.2) is 9.13 Å². The summed E-state index contributed by atoms with van der Waals surface area (Å²) in [7, 11) is -9.84. The summed E-state index contributed by atoms with van der Waals surface area (Å²) in [6.45, 7) is 4.61. The van der Waals surface area contributed by atoms with Gasteiger partial charge in [-0.05, 0) is 25.7 Å². The van der Waals surface area contributed by atoms with E-state index >= 15 is 0 Å². The van der Waals surface area contributed by atoms with Crippen molar-refractivity contribution in [3.63, 3.8) is 0 Å². The van der Waals surface area contributed by atoms with Crippen molar-refractivity contribution in [2.45, 2.75) is 284 Å². The fourth-order valence-electron chi connectivity index (χ4n) is 7.87. The average Bonchev–Trinajstić information content (AvgIpc) is 3.36. The number of phosphoric ester groups is 2. The maximum atomic E-state index is 12.8. The van der Waals surface area contributed by atoms with Crippen LogP contribution >= 0.6 is 15.6 Å². The van der Waals surface area contributed by atoms with Gasteiger partial charge in [-0.3, -0.25) is 37.3 Å². The largest absolute Gasteiger partial charge is 0.472 e. The van der Waals surface area contributed by atoms with Crippen LogP contribution in [0, 0.1) is 0 Å². The number of ether oxygens (including phenoxy) is 4. The van der Waals surface area contributed by atoms with E-state index in [1.54, 1.807) is 0 Å². The molecule has 0 bridgehead atoms. The lowest BCUT2D eigenvalue weighted by atomic mass is 10.0. The van der Waals surface area contributed by atoms with Gasteiger partial charge in [0.25, 0.3) is 0 Å². The molecule has 0 aliphatic rings. The van der Waals surface area contributed by atoms with Crippen molar-refractivity contribution in [1.29, 1.82) is 0 Å². The van der Waals surface area contributed by atoms with Gasteiger partial charge in [0.15, 0.2) is 12.2 Å². The van der Waals surface area contributed by atoms with E-state index < -0.39 is 97.5 Å². The maximum Gasteiger partial charge on any atom is 0.472 e. The van der Waals surface area contributed by atoms with Gasteiger partial charge in [0.05, 0.1) is 26.4 Å². The Balaban J connectivity index is 5.04. The molecule has 0 saturated carbocycles. The molecule has 0 spiro atoms. The lowest BCUT2D eigenvalue weighted by Crippen LogP contribution is -2.30. The van der Waals surface area contributed by atoms with Crippen LogP contribution < -0.4 is 0 Å². The molecule has 0 aliphatic heterocycles. The van der Waals surface area contributed by atoms with Crippen molar-refractivity contribution >= 4 is 39.5 Å². The van der Waals surface area contributed by atoms with Crippen molar-refractivity contribution in [3.8, 4) is 0 Å². The molecular formula is C54H104O17P2. The minimum atomic E-state index is -4.92. The Morgan fingerprint density at radius 3 is 0.822 bits per heavy atom. The van der Waals surface area contributed by atoms with Crippen LogP contribution in [-0.4, -0.2) is 96.7 Å². The van der Waals surface area contributed by atoms with Crippen molar-refractivity contribution < 1.29 is 80.2 Å². The number of hydrogen-bond donors (Lipinski definition) is 3. The minimum absolute atomic E-state index is 0.102. The number of unbranched alkanes of at least 4 members (excludes halogenated alkanes) is 29. The first-order valence-electron chi connectivity index (χ1n) is 28.8. The van der Waals surface area contributed by atoms with Crippen molar-refractivity contribution in [2.75, 3.05) is 39.6 Å². The smallest absolute Gasteiger partial charge is 0.462 e. The normalized spacial score (nSPS) is 14.5. The summed E-state index contributed by atoms with van der Waals surface area (Å²) in [5.74, 6) is -2.17. The molecule has 0 heterocycles. The summed E-state index contributed by atoms with van der Waals surface area (Å²) < 4.78 is 67.1. The third kappa shape index (κ3) is 49.4. The maximum absolute atomic E-state index is 12.8. The number of hydrogen-bond acceptors (Lipinski definition) is 15. The van der Waals surface area contributed by atoms with Gasteiger partial charge in [0.2, 0.25) is 0 Å². The summed E-state index contributed by atoms with van der Waals surface area (Å²) in [5, 5.41) is 10.4. The van der Waals surface area contributed by atoms with Gasteiger partial charge < -0.3 is 33.8 Å². The Kier molecular flexibility index (Phi) is 48.3. The van der Waals surface area contributed by atoms with Crippen molar-refractivity contribution in [1.82, 2.24) is 0 Å². The lowest BCUT2D eigenvalue weighted by molar-refractivity contribution is -0.161. The topological polar surface area (TPSA) is 237 Å². The second-order valence-corrected chi connectivity index (χ2v) is 22.5. The Bertz CT molecular complexity index is 1440. The highest BCUT2D eigenvalue weighted by atomic mass is 31.2. The summed E-state index contributed by atoms with van der Waals surface area (Å²) in [4.78, 5) is 71.1. The number of phosphoric acid groups is 2. The Labute approximate surface area is 441 Å². The molecule has 0 saturated heterocycles. The van der Waals surface area contributed by atoms with Gasteiger partial charge in [-0.2, -0.15) is 0 Å². The third-order valence-corrected chi connectivity index (χ3v) is 14.3. The van der Waals surface area contributed by atoms with E-state index in [0.717, 1.165) is 103 Å². The predicted octanol–water partition coefficient (Wildman–Crippen LogP) is 14.0. The fourth-order valence-corrected chi connectivity index (χ4v) is 9.44. The van der Waals surface area contributed by atoms with Crippen LogP contribution in [0.15, 0.2) is 0 Å². The zero-order valence-corrected chi connectivity index (χ0v) is 47.9. The highest BCUT2D eigenvalue weighted by molar-refractivity contribution is 7.47. The van der Waals surface area contributed by atoms with E-state index in [4.69, 9.17) is 37.0 Å². The van der Waals surface area contributed by atoms with Gasteiger partial charge >= 0.3 is 39.5 Å². The number of aliphatic hydroxyl groups excluding tert-OH is 1. The summed E-state index contributed by atoms with van der Waals surface area (Å²) in [6, 6.07) is 0. The van der Waals surface area contributed by atoms with E-state index in [2.05, 4.69) is 27.7 Å². The molecular weight excluding hydrogens is 983 g/mol. The molecule has 0 aromatic heterocycles. The van der Waals surface area contributed by atoms with Crippen molar-refractivity contribution in [2.24, 2.45) is 0 Å². The molecule has 0 aromatic rings. The zero-order valence-electron chi connectivity index (χ0n) is 46.1. The standard InChI is InChI=1S/C54H104O17P2/c1-5-9-13-17-20-22-23-24-25-26-27-28-30-33-37-41-54(59)71-49(44-64-51(56)38-34-16-12-8-4)46-68-72(60,61)66-42-48(55)43-67-73(62,63)69-47-50(70-53(58)40-36-31-19-15-11-7-3)45-65-52(57)39-35-32-29-21-18-14-10-6-2/h48-50,55H,5-47H2,1-4H3,(H,60,61)(H,62,63)/t48-,49-,50-/m1/s1. The molecule has 0 radical (unpaired) electrons. The van der Waals surface area contributed by atoms with Crippen LogP contribution in [0.4, 0.5) is 0 Å². The summed E-state index contributed by atoms with van der Waals surface area (Å²) in [6.07, 6.45) is 31.6. The second-order valence-electron chi connectivity index (χ2n) is 19.6. The van der Waals surface area contributed by atoms with E-state index in [9.17, 15) is 43.2 Å². The van der Waals surface area contributed by atoms with Crippen LogP contribution in [0.1, 0.15) is 265 Å². The fraction of sp³-hybridized carbons (Fsp3) is 0.926. The molecule has 73 heavy (non-hydrogen) atoms. The van der Waals surface area contributed by atoms with Gasteiger partial charge in [-0.15, -0.1) is 0 Å². The molecule has 0 fully saturated rings. The molecule has 0 amide bonds. The average molecular weight is 1090 g/mol. The molecule has 3 N–H and O–H groups in total. The van der Waals surface area contributed by atoms with Gasteiger partial charge in [-0.1, -0.05) is 214 Å². The first-order chi connectivity index (χ1) is 35.2. The molecule has 0 aliphatic carbocycles. The Hall–Kier alpha value is -1.94. The summed E-state index contributed by atoms with van der Waals surface area (Å²) in [5.41, 5.74) is 0. The van der Waals surface area contributed by atoms with Gasteiger partial charge in [0, 0.05) is 25.7 Å². The van der Waals surface area contributed by atoms with E-state index in [0.29, 0.717) is 25.7 Å². The number of aliphatic hydroxyl groups is 1. The SMILES string of the molecule is CCCCCCCCCCCCCCCCCC(=O)O[C@H](COC(=O)CCCCCC)COP(=O)(O)OC[C@@H](O)COP(=O)(O)OC[C@@H](COC(=O)CCCCCCCCCC)OC(=O)CCCCCCCC. The van der Waals surface area contributed by atoms with Crippen LogP contribution in [-0.2, 0) is 65.4 Å². The molecule has 2 unspecified atom stereocenters.